The molecule has 0 saturated heterocycles. The SMILES string of the molecule is NCC(CCO)(CCO)[Si](Cl)(Cl)Cl. The maximum atomic E-state index is 8.83. The van der Waals surface area contributed by atoms with Gasteiger partial charge < -0.3 is 15.9 Å². The molecule has 0 saturated carbocycles. The zero-order valence-corrected chi connectivity index (χ0v) is 10.4. The molecule has 13 heavy (non-hydrogen) atoms. The van der Waals surface area contributed by atoms with Gasteiger partial charge in [0.1, 0.15) is 0 Å². The molecule has 0 aliphatic rings. The monoisotopic (exact) mass is 265 g/mol. The van der Waals surface area contributed by atoms with Crippen molar-refractivity contribution in [1.29, 1.82) is 0 Å². The lowest BCUT2D eigenvalue weighted by Crippen LogP contribution is -2.41. The Bertz CT molecular complexity index is 147. The lowest BCUT2D eigenvalue weighted by atomic mass is 10.0. The third-order valence-corrected chi connectivity index (χ3v) is 7.69. The van der Waals surface area contributed by atoms with Gasteiger partial charge in [-0.25, -0.2) is 0 Å². The Morgan fingerprint density at radius 2 is 1.46 bits per heavy atom. The Labute approximate surface area is 92.9 Å². The smallest absolute Gasteiger partial charge is 0.348 e. The Kier molecular flexibility index (Phi) is 6.18. The third kappa shape index (κ3) is 3.55. The van der Waals surface area contributed by atoms with E-state index in [0.29, 0.717) is 12.8 Å². The van der Waals surface area contributed by atoms with E-state index in [1.54, 1.807) is 0 Å². The number of nitrogens with two attached hydrogens (primary N) is 1. The first-order valence-electron chi connectivity index (χ1n) is 3.92. The molecule has 0 spiro atoms. The minimum absolute atomic E-state index is 0.0852. The molecule has 0 bridgehead atoms. The lowest BCUT2D eigenvalue weighted by molar-refractivity contribution is 0.224. The third-order valence-electron chi connectivity index (χ3n) is 2.17. The summed E-state index contributed by atoms with van der Waals surface area (Å²) < 4.78 is 0. The van der Waals surface area contributed by atoms with Crippen LogP contribution in [-0.2, 0) is 0 Å². The molecule has 7 heteroatoms. The molecule has 4 N–H and O–H groups in total. The van der Waals surface area contributed by atoms with Crippen LogP contribution in [0.5, 0.6) is 0 Å². The standard InChI is InChI=1S/C6H14Cl3NO2Si/c7-13(8,9)6(5-10,1-3-11)2-4-12/h11-12H,1-5,10H2. The van der Waals surface area contributed by atoms with Crippen LogP contribution >= 0.6 is 33.2 Å². The highest BCUT2D eigenvalue weighted by Crippen LogP contribution is 2.50. The minimum atomic E-state index is -3.01. The summed E-state index contributed by atoms with van der Waals surface area (Å²) >= 11 is 17.6. The van der Waals surface area contributed by atoms with Crippen LogP contribution in [0.1, 0.15) is 12.8 Å². The van der Waals surface area contributed by atoms with Gasteiger partial charge in [-0.15, -0.1) is 33.2 Å². The number of rotatable bonds is 6. The summed E-state index contributed by atoms with van der Waals surface area (Å²) in [6, 6.07) is -3.01. The molecule has 0 aromatic carbocycles. The molecule has 3 nitrogen and oxygen atoms in total. The van der Waals surface area contributed by atoms with E-state index in [0.717, 1.165) is 0 Å². The highest BCUT2D eigenvalue weighted by molar-refractivity contribution is 7.65. The predicted octanol–water partition coefficient (Wildman–Crippen LogP) is 1.11. The van der Waals surface area contributed by atoms with Crippen molar-refractivity contribution in [2.75, 3.05) is 19.8 Å². The zero-order chi connectivity index (χ0) is 10.5. The highest BCUT2D eigenvalue weighted by atomic mass is 35.8. The van der Waals surface area contributed by atoms with Gasteiger partial charge in [0, 0.05) is 18.3 Å². The van der Waals surface area contributed by atoms with Gasteiger partial charge in [0.25, 0.3) is 0 Å². The Hall–Kier alpha value is 0.967. The Morgan fingerprint density at radius 3 is 1.62 bits per heavy atom. The first-order chi connectivity index (χ1) is 5.93. The quantitative estimate of drug-likeness (QED) is 0.498. The van der Waals surface area contributed by atoms with E-state index in [4.69, 9.17) is 49.2 Å². The topological polar surface area (TPSA) is 66.5 Å². The van der Waals surface area contributed by atoms with Crippen molar-refractivity contribution in [3.8, 4) is 0 Å². The lowest BCUT2D eigenvalue weighted by Gasteiger charge is -2.36. The van der Waals surface area contributed by atoms with Crippen molar-refractivity contribution in [2.45, 2.75) is 17.9 Å². The van der Waals surface area contributed by atoms with E-state index < -0.39 is 11.0 Å². The summed E-state index contributed by atoms with van der Waals surface area (Å²) in [4.78, 5) is 0. The normalized spacial score (nSPS) is 13.4. The van der Waals surface area contributed by atoms with E-state index >= 15 is 0 Å². The maximum absolute atomic E-state index is 8.83. The second-order valence-corrected chi connectivity index (χ2v) is 11.8. The molecular formula is C6H14Cl3NO2Si. The molecule has 0 aliphatic carbocycles. The Morgan fingerprint density at radius 1 is 1.08 bits per heavy atom. The largest absolute Gasteiger partial charge is 0.396 e. The molecule has 0 atom stereocenters. The fraction of sp³-hybridized carbons (Fsp3) is 1.00. The summed E-state index contributed by atoms with van der Waals surface area (Å²) in [5.74, 6) is 0. The van der Waals surface area contributed by atoms with Crippen molar-refractivity contribution < 1.29 is 10.2 Å². The number of hydrogen-bond acceptors (Lipinski definition) is 3. The van der Waals surface area contributed by atoms with Crippen molar-refractivity contribution in [2.24, 2.45) is 5.73 Å². The van der Waals surface area contributed by atoms with Crippen LogP contribution in [0.25, 0.3) is 0 Å². The molecule has 80 valence electrons. The van der Waals surface area contributed by atoms with Gasteiger partial charge in [-0.05, 0) is 19.4 Å². The van der Waals surface area contributed by atoms with Crippen LogP contribution in [0, 0.1) is 0 Å². The van der Waals surface area contributed by atoms with Gasteiger partial charge >= 0.3 is 6.00 Å². The predicted molar refractivity (Wildman–Crippen MR) is 58.5 cm³/mol. The molecule has 0 fully saturated rings. The van der Waals surface area contributed by atoms with Crippen molar-refractivity contribution in [1.82, 2.24) is 0 Å². The summed E-state index contributed by atoms with van der Waals surface area (Å²) in [5.41, 5.74) is 5.53. The zero-order valence-electron chi connectivity index (χ0n) is 7.14. The first kappa shape index (κ1) is 14.0. The van der Waals surface area contributed by atoms with Crippen LogP contribution in [0.15, 0.2) is 0 Å². The second kappa shape index (κ2) is 5.75. The van der Waals surface area contributed by atoms with Crippen LogP contribution < -0.4 is 5.73 Å². The van der Waals surface area contributed by atoms with Gasteiger partial charge in [-0.3, -0.25) is 0 Å². The fourth-order valence-corrected chi connectivity index (χ4v) is 4.57. The van der Waals surface area contributed by atoms with Gasteiger partial charge in [-0.2, -0.15) is 0 Å². The van der Waals surface area contributed by atoms with E-state index in [2.05, 4.69) is 0 Å². The molecule has 0 radical (unpaired) electrons. The van der Waals surface area contributed by atoms with Crippen molar-refractivity contribution >= 4 is 39.2 Å². The van der Waals surface area contributed by atoms with Gasteiger partial charge in [-0.1, -0.05) is 0 Å². The van der Waals surface area contributed by atoms with Crippen LogP contribution in [0.2, 0.25) is 5.04 Å². The summed E-state index contributed by atoms with van der Waals surface area (Å²) in [7, 11) is 0. The van der Waals surface area contributed by atoms with Crippen molar-refractivity contribution in [3.05, 3.63) is 0 Å². The molecule has 0 unspecified atom stereocenters. The van der Waals surface area contributed by atoms with Gasteiger partial charge in [0.05, 0.1) is 0 Å². The summed E-state index contributed by atoms with van der Waals surface area (Å²) in [5, 5.41) is 17.0. The molecule has 0 heterocycles. The fourth-order valence-electron chi connectivity index (χ4n) is 1.16. The van der Waals surface area contributed by atoms with Gasteiger partial charge in [0.15, 0.2) is 0 Å². The Balaban J connectivity index is 4.64. The number of aliphatic hydroxyl groups excluding tert-OH is 2. The van der Waals surface area contributed by atoms with Crippen LogP contribution in [0.3, 0.4) is 0 Å². The van der Waals surface area contributed by atoms with E-state index in [9.17, 15) is 0 Å². The van der Waals surface area contributed by atoms with Crippen molar-refractivity contribution in [3.63, 3.8) is 0 Å². The average molecular weight is 267 g/mol. The van der Waals surface area contributed by atoms with E-state index in [-0.39, 0.29) is 19.8 Å². The van der Waals surface area contributed by atoms with Crippen LogP contribution in [-0.4, -0.2) is 36.0 Å². The number of halogens is 3. The van der Waals surface area contributed by atoms with E-state index in [1.807, 2.05) is 0 Å². The van der Waals surface area contributed by atoms with Crippen LogP contribution in [0.4, 0.5) is 0 Å². The minimum Gasteiger partial charge on any atom is -0.396 e. The maximum Gasteiger partial charge on any atom is 0.348 e. The molecule has 0 aromatic heterocycles. The number of aliphatic hydroxyl groups is 2. The number of hydrogen-bond donors (Lipinski definition) is 3. The molecule has 0 aliphatic heterocycles. The second-order valence-electron chi connectivity index (χ2n) is 2.93. The molecule has 0 amide bonds. The molecular weight excluding hydrogens is 253 g/mol. The molecule has 0 rings (SSSR count). The summed E-state index contributed by atoms with van der Waals surface area (Å²) in [6.07, 6.45) is 0.652. The summed E-state index contributed by atoms with van der Waals surface area (Å²) in [6.45, 7) is 0.00701. The van der Waals surface area contributed by atoms with E-state index in [1.165, 1.54) is 0 Å². The highest BCUT2D eigenvalue weighted by Gasteiger charge is 2.49. The molecule has 0 aromatic rings. The first-order valence-corrected chi connectivity index (χ1v) is 8.95. The average Bonchev–Trinajstić information content (AvgIpc) is 2.02. The van der Waals surface area contributed by atoms with Gasteiger partial charge in [0.2, 0.25) is 0 Å².